The number of carboxylic acid groups (broad SMARTS) is 1. The quantitative estimate of drug-likeness (QED) is 0.262. The van der Waals surface area contributed by atoms with Crippen LogP contribution in [-0.2, 0) is 11.3 Å². The highest BCUT2D eigenvalue weighted by Gasteiger charge is 2.13. The molecule has 0 fully saturated rings. The fourth-order valence-electron chi connectivity index (χ4n) is 4.23. The van der Waals surface area contributed by atoms with E-state index >= 15 is 0 Å². The zero-order valence-corrected chi connectivity index (χ0v) is 18.8. The maximum Gasteiger partial charge on any atom is 0.335 e. The van der Waals surface area contributed by atoms with E-state index in [0.717, 1.165) is 36.2 Å². The van der Waals surface area contributed by atoms with Gasteiger partial charge in [0.25, 0.3) is 0 Å². The summed E-state index contributed by atoms with van der Waals surface area (Å²) in [4.78, 5) is 16.4. The number of carbonyl (C=O) groups is 1. The van der Waals surface area contributed by atoms with Crippen LogP contribution < -0.4 is 0 Å². The van der Waals surface area contributed by atoms with E-state index in [1.807, 2.05) is 13.0 Å². The van der Waals surface area contributed by atoms with Crippen molar-refractivity contribution in [1.82, 2.24) is 4.57 Å². The molecule has 4 aromatic rings. The highest BCUT2D eigenvalue weighted by Crippen LogP contribution is 2.31. The number of benzene rings is 3. The summed E-state index contributed by atoms with van der Waals surface area (Å²) in [5.74, 6) is -0.948. The van der Waals surface area contributed by atoms with Crippen molar-refractivity contribution in [2.75, 3.05) is 13.7 Å². The number of aromatic nitrogens is 1. The van der Waals surface area contributed by atoms with Crippen molar-refractivity contribution < 1.29 is 14.6 Å². The van der Waals surface area contributed by atoms with E-state index in [-0.39, 0.29) is 5.56 Å². The molecule has 5 nitrogen and oxygen atoms in total. The molecule has 0 aliphatic carbocycles. The van der Waals surface area contributed by atoms with Crippen LogP contribution in [0.5, 0.6) is 0 Å². The summed E-state index contributed by atoms with van der Waals surface area (Å²) < 4.78 is 7.59. The lowest BCUT2D eigenvalue weighted by Crippen LogP contribution is -2.04. The third-order valence-electron chi connectivity index (χ3n) is 5.90. The van der Waals surface area contributed by atoms with E-state index < -0.39 is 5.97 Å². The topological polar surface area (TPSA) is 63.8 Å². The molecular formula is C27H28N2O3. The number of hydrogen-bond donors (Lipinski definition) is 1. The van der Waals surface area contributed by atoms with Gasteiger partial charge in [0, 0.05) is 47.8 Å². The van der Waals surface area contributed by atoms with E-state index in [4.69, 9.17) is 9.73 Å². The lowest BCUT2D eigenvalue weighted by molar-refractivity contribution is 0.0697. The average Bonchev–Trinajstić information content (AvgIpc) is 3.12. The van der Waals surface area contributed by atoms with Crippen LogP contribution in [-0.4, -0.2) is 35.1 Å². The minimum atomic E-state index is -0.948. The fourth-order valence-corrected chi connectivity index (χ4v) is 4.23. The Kier molecular flexibility index (Phi) is 6.37. The van der Waals surface area contributed by atoms with Crippen molar-refractivity contribution in [3.05, 3.63) is 77.4 Å². The molecule has 0 aliphatic heterocycles. The smallest absolute Gasteiger partial charge is 0.335 e. The molecule has 4 rings (SSSR count). The second-order valence-electron chi connectivity index (χ2n) is 7.95. The zero-order valence-electron chi connectivity index (χ0n) is 18.8. The molecule has 0 atom stereocenters. The number of methoxy groups -OCH3 is 1. The van der Waals surface area contributed by atoms with Gasteiger partial charge in [0.2, 0.25) is 0 Å². The van der Waals surface area contributed by atoms with E-state index in [0.29, 0.717) is 12.3 Å². The van der Waals surface area contributed by atoms with Crippen molar-refractivity contribution in [3.8, 4) is 0 Å². The number of aliphatic imine (C=N–C) groups is 1. The molecule has 0 radical (unpaired) electrons. The lowest BCUT2D eigenvalue weighted by Gasteiger charge is -2.10. The van der Waals surface area contributed by atoms with Crippen molar-refractivity contribution in [2.24, 2.45) is 4.99 Å². The number of nitrogens with zero attached hydrogens (tertiary/aromatic N) is 2. The number of aryl methyl sites for hydroxylation is 2. The maximum atomic E-state index is 11.5. The van der Waals surface area contributed by atoms with Crippen LogP contribution in [0.1, 0.15) is 41.3 Å². The molecular weight excluding hydrogens is 400 g/mol. The van der Waals surface area contributed by atoms with Crippen LogP contribution in [0.4, 0.5) is 5.69 Å². The van der Waals surface area contributed by atoms with E-state index in [1.54, 1.807) is 19.2 Å². The molecule has 0 spiro atoms. The molecule has 1 aromatic heterocycles. The Hall–Kier alpha value is -3.44. The second-order valence-corrected chi connectivity index (χ2v) is 7.95. The van der Waals surface area contributed by atoms with Gasteiger partial charge in [-0.05, 0) is 68.1 Å². The first-order valence-electron chi connectivity index (χ1n) is 10.9. The van der Waals surface area contributed by atoms with Gasteiger partial charge in [0.15, 0.2) is 0 Å². The molecule has 32 heavy (non-hydrogen) atoms. The Bertz CT molecular complexity index is 1320. The maximum absolute atomic E-state index is 11.5. The molecule has 1 N–H and O–H groups in total. The summed E-state index contributed by atoms with van der Waals surface area (Å²) in [5.41, 5.74) is 6.29. The van der Waals surface area contributed by atoms with Crippen LogP contribution in [0.15, 0.2) is 65.7 Å². The monoisotopic (exact) mass is 428 g/mol. The van der Waals surface area contributed by atoms with Gasteiger partial charge in [-0.2, -0.15) is 0 Å². The third-order valence-corrected chi connectivity index (χ3v) is 5.90. The van der Waals surface area contributed by atoms with Crippen molar-refractivity contribution in [2.45, 2.75) is 33.2 Å². The van der Waals surface area contributed by atoms with Gasteiger partial charge in [-0.25, -0.2) is 4.79 Å². The van der Waals surface area contributed by atoms with Crippen LogP contribution in [0, 0.1) is 6.92 Å². The minimum Gasteiger partial charge on any atom is -0.478 e. The first-order valence-corrected chi connectivity index (χ1v) is 10.9. The predicted molar refractivity (Wildman–Crippen MR) is 131 cm³/mol. The molecule has 164 valence electrons. The number of aromatic carboxylic acids is 1. The minimum absolute atomic E-state index is 0.243. The zero-order chi connectivity index (χ0) is 22.7. The van der Waals surface area contributed by atoms with E-state index in [9.17, 15) is 9.90 Å². The Morgan fingerprint density at radius 3 is 2.50 bits per heavy atom. The van der Waals surface area contributed by atoms with Gasteiger partial charge in [-0.3, -0.25) is 4.99 Å². The fraction of sp³-hybridized carbons (Fsp3) is 0.259. The predicted octanol–water partition coefficient (Wildman–Crippen LogP) is 6.37. The third kappa shape index (κ3) is 4.16. The molecule has 0 saturated carbocycles. The van der Waals surface area contributed by atoms with Crippen molar-refractivity contribution in [1.29, 1.82) is 0 Å². The number of para-hydroxylation sites is 1. The molecule has 1 heterocycles. The Morgan fingerprint density at radius 2 is 1.75 bits per heavy atom. The standard InChI is InChI=1S/C27H28N2O3/c1-4-29-25-10-6-5-8-21(25)22-16-19(13-14-26(22)29)23(9-7-15-32-3)28-24-17-20(27(30)31)12-11-18(24)2/h5-6,8,10-14,16-17H,4,7,9,15H2,1-3H3,(H,30,31)/b28-23+. The summed E-state index contributed by atoms with van der Waals surface area (Å²) in [7, 11) is 1.70. The van der Waals surface area contributed by atoms with Crippen LogP contribution in [0.2, 0.25) is 0 Å². The average molecular weight is 429 g/mol. The largest absolute Gasteiger partial charge is 0.478 e. The number of hydrogen-bond acceptors (Lipinski definition) is 3. The highest BCUT2D eigenvalue weighted by molar-refractivity contribution is 6.12. The van der Waals surface area contributed by atoms with Crippen molar-refractivity contribution in [3.63, 3.8) is 0 Å². The highest BCUT2D eigenvalue weighted by atomic mass is 16.5. The summed E-state index contributed by atoms with van der Waals surface area (Å²) in [5, 5.41) is 11.8. The van der Waals surface area contributed by atoms with Crippen LogP contribution in [0.3, 0.4) is 0 Å². The van der Waals surface area contributed by atoms with Gasteiger partial charge in [-0.1, -0.05) is 30.3 Å². The Labute approximate surface area is 188 Å². The number of ether oxygens (including phenoxy) is 1. The summed E-state index contributed by atoms with van der Waals surface area (Å²) in [6.45, 7) is 5.66. The molecule has 0 aliphatic rings. The summed E-state index contributed by atoms with van der Waals surface area (Å²) >= 11 is 0. The van der Waals surface area contributed by atoms with Gasteiger partial charge >= 0.3 is 5.97 Å². The second kappa shape index (κ2) is 9.37. The SMILES string of the molecule is CCn1c2ccccc2c2cc(/C(CCCOC)=N/c3cc(C(=O)O)ccc3C)ccc21. The molecule has 5 heteroatoms. The van der Waals surface area contributed by atoms with Gasteiger partial charge in [0.1, 0.15) is 0 Å². The molecule has 0 bridgehead atoms. The summed E-state index contributed by atoms with van der Waals surface area (Å²) in [6, 6.07) is 20.0. The Balaban J connectivity index is 1.87. The molecule has 0 amide bonds. The normalized spacial score (nSPS) is 12.0. The molecule has 0 unspecified atom stereocenters. The van der Waals surface area contributed by atoms with Crippen LogP contribution >= 0.6 is 0 Å². The van der Waals surface area contributed by atoms with Crippen molar-refractivity contribution >= 4 is 39.2 Å². The van der Waals surface area contributed by atoms with Crippen LogP contribution in [0.25, 0.3) is 21.8 Å². The Morgan fingerprint density at radius 1 is 1.00 bits per heavy atom. The number of fused-ring (bicyclic) bond motifs is 3. The lowest BCUT2D eigenvalue weighted by atomic mass is 10.0. The number of carboxylic acids is 1. The molecule has 0 saturated heterocycles. The first kappa shape index (κ1) is 21.8. The van der Waals surface area contributed by atoms with Gasteiger partial charge in [-0.15, -0.1) is 0 Å². The summed E-state index contributed by atoms with van der Waals surface area (Å²) in [6.07, 6.45) is 1.57. The first-order chi connectivity index (χ1) is 15.5. The van der Waals surface area contributed by atoms with Gasteiger partial charge in [0.05, 0.1) is 11.3 Å². The number of rotatable bonds is 8. The van der Waals surface area contributed by atoms with E-state index in [2.05, 4.69) is 54.0 Å². The molecule has 3 aromatic carbocycles. The van der Waals surface area contributed by atoms with E-state index in [1.165, 1.54) is 21.8 Å². The van der Waals surface area contributed by atoms with Gasteiger partial charge < -0.3 is 14.4 Å².